The van der Waals surface area contributed by atoms with E-state index in [-0.39, 0.29) is 11.6 Å². The first-order chi connectivity index (χ1) is 9.01. The maximum atomic E-state index is 12.0. The summed E-state index contributed by atoms with van der Waals surface area (Å²) in [5.41, 5.74) is 2.10. The topological polar surface area (TPSA) is 64.7 Å². The van der Waals surface area contributed by atoms with E-state index in [1.807, 2.05) is 27.0 Å². The summed E-state index contributed by atoms with van der Waals surface area (Å²) in [6, 6.07) is 1.92. The van der Waals surface area contributed by atoms with Crippen molar-refractivity contribution in [3.8, 4) is 0 Å². The lowest BCUT2D eigenvalue weighted by molar-refractivity contribution is 0.0944. The summed E-state index contributed by atoms with van der Waals surface area (Å²) in [6.07, 6.45) is 1.64. The van der Waals surface area contributed by atoms with Crippen LogP contribution in [0.4, 0.5) is 0 Å². The van der Waals surface area contributed by atoms with Crippen LogP contribution in [-0.2, 0) is 20.1 Å². The molecule has 1 amide bonds. The Bertz CT molecular complexity index is 601. The van der Waals surface area contributed by atoms with Gasteiger partial charge in [-0.15, -0.1) is 0 Å². The Morgan fingerprint density at radius 3 is 2.74 bits per heavy atom. The maximum absolute atomic E-state index is 12.0. The summed E-state index contributed by atoms with van der Waals surface area (Å²) in [5, 5.41) is 11.5. The highest BCUT2D eigenvalue weighted by Gasteiger charge is 2.15. The lowest BCUT2D eigenvalue weighted by atomic mass is 10.3. The molecule has 2 aromatic heterocycles. The van der Waals surface area contributed by atoms with Gasteiger partial charge in [-0.1, -0.05) is 11.6 Å². The molecule has 19 heavy (non-hydrogen) atoms. The first-order valence-corrected chi connectivity index (χ1v) is 6.39. The number of amides is 1. The van der Waals surface area contributed by atoms with Gasteiger partial charge in [-0.2, -0.15) is 10.2 Å². The van der Waals surface area contributed by atoms with Crippen molar-refractivity contribution in [1.82, 2.24) is 24.9 Å². The number of nitrogens with zero attached hydrogens (tertiary/aromatic N) is 4. The zero-order valence-corrected chi connectivity index (χ0v) is 11.9. The number of hydrogen-bond acceptors (Lipinski definition) is 3. The highest BCUT2D eigenvalue weighted by atomic mass is 35.5. The van der Waals surface area contributed by atoms with Gasteiger partial charge >= 0.3 is 0 Å². The second-order valence-electron chi connectivity index (χ2n) is 4.26. The van der Waals surface area contributed by atoms with Crippen LogP contribution in [0.1, 0.15) is 28.8 Å². The fraction of sp³-hybridized carbons (Fsp3) is 0.417. The van der Waals surface area contributed by atoms with Crippen molar-refractivity contribution < 1.29 is 4.79 Å². The molecule has 0 saturated carbocycles. The third-order valence-electron chi connectivity index (χ3n) is 2.79. The van der Waals surface area contributed by atoms with E-state index < -0.39 is 0 Å². The van der Waals surface area contributed by atoms with Crippen molar-refractivity contribution in [3.63, 3.8) is 0 Å². The zero-order valence-electron chi connectivity index (χ0n) is 11.1. The van der Waals surface area contributed by atoms with E-state index >= 15 is 0 Å². The van der Waals surface area contributed by atoms with Crippen LogP contribution in [0.5, 0.6) is 0 Å². The molecule has 7 heteroatoms. The smallest absolute Gasteiger partial charge is 0.273 e. The molecule has 0 bridgehead atoms. The summed E-state index contributed by atoms with van der Waals surface area (Å²) in [5.74, 6) is -0.281. The second kappa shape index (κ2) is 5.44. The molecule has 2 rings (SSSR count). The number of halogens is 1. The molecule has 1 N–H and O–H groups in total. The molecule has 2 aromatic rings. The third-order valence-corrected chi connectivity index (χ3v) is 3.06. The summed E-state index contributed by atoms with van der Waals surface area (Å²) in [7, 11) is 1.84. The lowest BCUT2D eigenvalue weighted by Gasteiger charge is -2.03. The fourth-order valence-electron chi connectivity index (χ4n) is 1.80. The average Bonchev–Trinajstić information content (AvgIpc) is 2.89. The summed E-state index contributed by atoms with van der Waals surface area (Å²) < 4.78 is 3.37. The molecule has 2 heterocycles. The van der Waals surface area contributed by atoms with Crippen molar-refractivity contribution in [2.24, 2.45) is 7.05 Å². The van der Waals surface area contributed by atoms with Crippen LogP contribution in [0.15, 0.2) is 12.3 Å². The molecule has 0 spiro atoms. The van der Waals surface area contributed by atoms with E-state index in [4.69, 9.17) is 11.6 Å². The summed E-state index contributed by atoms with van der Waals surface area (Å²) in [4.78, 5) is 12.0. The number of hydrogen-bond donors (Lipinski definition) is 1. The van der Waals surface area contributed by atoms with Gasteiger partial charge in [-0.25, -0.2) is 0 Å². The van der Waals surface area contributed by atoms with E-state index in [1.165, 1.54) is 0 Å². The molecule has 0 aliphatic heterocycles. The van der Waals surface area contributed by atoms with Crippen LogP contribution in [0, 0.1) is 6.92 Å². The largest absolute Gasteiger partial charge is 0.345 e. The van der Waals surface area contributed by atoms with Gasteiger partial charge in [0.15, 0.2) is 5.69 Å². The molecule has 0 aliphatic carbocycles. The van der Waals surface area contributed by atoms with Crippen molar-refractivity contribution in [2.75, 3.05) is 0 Å². The molecule has 0 aromatic carbocycles. The van der Waals surface area contributed by atoms with Crippen LogP contribution in [-0.4, -0.2) is 25.5 Å². The van der Waals surface area contributed by atoms with E-state index in [0.29, 0.717) is 18.1 Å². The average molecular weight is 282 g/mol. The zero-order chi connectivity index (χ0) is 14.0. The number of carbonyl (C=O) groups excluding carboxylic acids is 1. The Morgan fingerprint density at radius 1 is 1.47 bits per heavy atom. The molecule has 0 atom stereocenters. The van der Waals surface area contributed by atoms with Crippen LogP contribution >= 0.6 is 11.6 Å². The monoisotopic (exact) mass is 281 g/mol. The van der Waals surface area contributed by atoms with Gasteiger partial charge in [0, 0.05) is 19.8 Å². The minimum absolute atomic E-state index is 0.252. The van der Waals surface area contributed by atoms with E-state index in [9.17, 15) is 4.79 Å². The number of carbonyl (C=O) groups is 1. The lowest BCUT2D eigenvalue weighted by Crippen LogP contribution is -2.25. The highest BCUT2D eigenvalue weighted by Crippen LogP contribution is 2.13. The quantitative estimate of drug-likeness (QED) is 0.924. The third kappa shape index (κ3) is 2.96. The number of aryl methyl sites for hydroxylation is 3. The Labute approximate surface area is 116 Å². The highest BCUT2D eigenvalue weighted by molar-refractivity contribution is 6.33. The molecule has 0 fully saturated rings. The molecule has 6 nitrogen and oxygen atoms in total. The summed E-state index contributed by atoms with van der Waals surface area (Å²) in [6.45, 7) is 4.91. The van der Waals surface area contributed by atoms with Gasteiger partial charge < -0.3 is 5.32 Å². The van der Waals surface area contributed by atoms with Crippen LogP contribution in [0.2, 0.25) is 5.02 Å². The van der Waals surface area contributed by atoms with Crippen LogP contribution in [0.3, 0.4) is 0 Å². The van der Waals surface area contributed by atoms with Crippen molar-refractivity contribution in [1.29, 1.82) is 0 Å². The maximum Gasteiger partial charge on any atom is 0.273 e. The number of rotatable bonds is 4. The standard InChI is InChI=1S/C12H16ClN5O/c1-4-18-7-10(13)11(16-18)12(19)14-6-9-5-8(2)15-17(9)3/h5,7H,4,6H2,1-3H3,(H,14,19). The molecule has 102 valence electrons. The molecule has 0 aliphatic rings. The van der Waals surface area contributed by atoms with E-state index in [2.05, 4.69) is 15.5 Å². The van der Waals surface area contributed by atoms with Gasteiger partial charge in [0.1, 0.15) is 0 Å². The Balaban J connectivity index is 2.05. The van der Waals surface area contributed by atoms with Gasteiger partial charge in [-0.3, -0.25) is 14.2 Å². The van der Waals surface area contributed by atoms with Gasteiger partial charge in [-0.05, 0) is 19.9 Å². The molecular weight excluding hydrogens is 266 g/mol. The van der Waals surface area contributed by atoms with Crippen LogP contribution in [0.25, 0.3) is 0 Å². The predicted octanol–water partition coefficient (Wildman–Crippen LogP) is 1.53. The van der Waals surface area contributed by atoms with Gasteiger partial charge in [0.05, 0.1) is 23.0 Å². The first kappa shape index (κ1) is 13.6. The fourth-order valence-corrected chi connectivity index (χ4v) is 2.03. The second-order valence-corrected chi connectivity index (χ2v) is 4.67. The normalized spacial score (nSPS) is 10.7. The molecular formula is C12H16ClN5O. The molecule has 0 unspecified atom stereocenters. The Kier molecular flexibility index (Phi) is 3.90. The van der Waals surface area contributed by atoms with Gasteiger partial charge in [0.2, 0.25) is 0 Å². The predicted molar refractivity (Wildman–Crippen MR) is 72.0 cm³/mol. The van der Waals surface area contributed by atoms with Crippen LogP contribution < -0.4 is 5.32 Å². The Hall–Kier alpha value is -1.82. The van der Waals surface area contributed by atoms with Gasteiger partial charge in [0.25, 0.3) is 5.91 Å². The minimum Gasteiger partial charge on any atom is -0.345 e. The molecule has 0 saturated heterocycles. The van der Waals surface area contributed by atoms with Crippen molar-refractivity contribution in [2.45, 2.75) is 26.9 Å². The Morgan fingerprint density at radius 2 is 2.21 bits per heavy atom. The minimum atomic E-state index is -0.281. The molecule has 0 radical (unpaired) electrons. The SMILES string of the molecule is CCn1cc(Cl)c(C(=O)NCc2cc(C)nn2C)n1. The van der Waals surface area contributed by atoms with Crippen molar-refractivity contribution >= 4 is 17.5 Å². The number of aromatic nitrogens is 4. The summed E-state index contributed by atoms with van der Waals surface area (Å²) >= 11 is 5.97. The number of nitrogens with one attached hydrogen (secondary N) is 1. The first-order valence-electron chi connectivity index (χ1n) is 6.02. The van der Waals surface area contributed by atoms with Crippen molar-refractivity contribution in [3.05, 3.63) is 34.4 Å². The van der Waals surface area contributed by atoms with E-state index in [0.717, 1.165) is 11.4 Å². The van der Waals surface area contributed by atoms with E-state index in [1.54, 1.807) is 15.6 Å².